The van der Waals surface area contributed by atoms with Crippen molar-refractivity contribution in [1.29, 1.82) is 0 Å². The first kappa shape index (κ1) is 17.3. The molecular formula is C18H16FNO4S. The van der Waals surface area contributed by atoms with E-state index in [-0.39, 0.29) is 24.0 Å². The smallest absolute Gasteiger partial charge is 0.230 e. The van der Waals surface area contributed by atoms with Crippen LogP contribution in [-0.2, 0) is 4.79 Å². The van der Waals surface area contributed by atoms with E-state index in [4.69, 9.17) is 8.83 Å². The number of aliphatic hydroxyl groups excluding tert-OH is 1. The van der Waals surface area contributed by atoms with Crippen molar-refractivity contribution >= 4 is 17.7 Å². The Kier molecular flexibility index (Phi) is 5.57. The Morgan fingerprint density at radius 2 is 1.96 bits per heavy atom. The summed E-state index contributed by atoms with van der Waals surface area (Å²) in [4.78, 5) is 12.6. The zero-order valence-electron chi connectivity index (χ0n) is 13.1. The van der Waals surface area contributed by atoms with Crippen LogP contribution in [0.25, 0.3) is 11.5 Å². The summed E-state index contributed by atoms with van der Waals surface area (Å²) < 4.78 is 23.6. The van der Waals surface area contributed by atoms with E-state index in [0.29, 0.717) is 17.3 Å². The first-order valence-corrected chi connectivity index (χ1v) is 8.57. The molecule has 2 heterocycles. The van der Waals surface area contributed by atoms with Crippen LogP contribution in [0, 0.1) is 5.82 Å². The van der Waals surface area contributed by atoms with Crippen molar-refractivity contribution in [3.63, 3.8) is 0 Å². The van der Waals surface area contributed by atoms with Gasteiger partial charge in [-0.15, -0.1) is 11.8 Å². The monoisotopic (exact) mass is 361 g/mol. The van der Waals surface area contributed by atoms with Gasteiger partial charge < -0.3 is 19.3 Å². The molecule has 3 rings (SSSR count). The van der Waals surface area contributed by atoms with Crippen molar-refractivity contribution in [2.24, 2.45) is 0 Å². The number of carbonyl (C=O) groups is 1. The highest BCUT2D eigenvalue weighted by molar-refractivity contribution is 8.00. The van der Waals surface area contributed by atoms with E-state index in [1.54, 1.807) is 36.4 Å². The number of amides is 1. The molecule has 130 valence electrons. The molecule has 0 saturated carbocycles. The topological polar surface area (TPSA) is 75.6 Å². The molecule has 0 aliphatic heterocycles. The number of benzene rings is 1. The van der Waals surface area contributed by atoms with Gasteiger partial charge in [-0.1, -0.05) is 0 Å². The van der Waals surface area contributed by atoms with Crippen molar-refractivity contribution < 1.29 is 23.1 Å². The molecule has 3 aromatic rings. The van der Waals surface area contributed by atoms with Crippen LogP contribution in [0.4, 0.5) is 4.39 Å². The summed E-state index contributed by atoms with van der Waals surface area (Å²) in [7, 11) is 0. The normalized spacial score (nSPS) is 12.1. The lowest BCUT2D eigenvalue weighted by Gasteiger charge is -2.09. The minimum absolute atomic E-state index is 0.0356. The molecule has 5 nitrogen and oxygen atoms in total. The lowest BCUT2D eigenvalue weighted by Crippen LogP contribution is -2.29. The Bertz CT molecular complexity index is 814. The Hall–Kier alpha value is -2.51. The third kappa shape index (κ3) is 4.74. The number of aliphatic hydroxyl groups is 1. The molecule has 1 atom stereocenters. The lowest BCUT2D eigenvalue weighted by atomic mass is 10.2. The number of carbonyl (C=O) groups excluding carboxylic acids is 1. The first-order valence-electron chi connectivity index (χ1n) is 7.58. The summed E-state index contributed by atoms with van der Waals surface area (Å²) in [5, 5.41) is 12.7. The van der Waals surface area contributed by atoms with E-state index < -0.39 is 6.10 Å². The van der Waals surface area contributed by atoms with Crippen molar-refractivity contribution in [3.8, 4) is 11.5 Å². The first-order chi connectivity index (χ1) is 12.1. The summed E-state index contributed by atoms with van der Waals surface area (Å²) in [6.45, 7) is 0.0356. The lowest BCUT2D eigenvalue weighted by molar-refractivity contribution is -0.119. The number of furan rings is 2. The van der Waals surface area contributed by atoms with Gasteiger partial charge in [0, 0.05) is 4.90 Å². The van der Waals surface area contributed by atoms with Crippen LogP contribution in [0.3, 0.4) is 0 Å². The number of hydrogen-bond acceptors (Lipinski definition) is 5. The van der Waals surface area contributed by atoms with Gasteiger partial charge >= 0.3 is 0 Å². The van der Waals surface area contributed by atoms with E-state index >= 15 is 0 Å². The predicted octanol–water partition coefficient (Wildman–Crippen LogP) is 3.62. The van der Waals surface area contributed by atoms with Gasteiger partial charge in [-0.3, -0.25) is 4.79 Å². The zero-order valence-corrected chi connectivity index (χ0v) is 14.0. The summed E-state index contributed by atoms with van der Waals surface area (Å²) in [5.41, 5.74) is 0. The highest BCUT2D eigenvalue weighted by atomic mass is 32.2. The molecule has 7 heteroatoms. The zero-order chi connectivity index (χ0) is 17.6. The second kappa shape index (κ2) is 8.04. The molecule has 0 radical (unpaired) electrons. The van der Waals surface area contributed by atoms with Crippen molar-refractivity contribution in [1.82, 2.24) is 5.32 Å². The third-order valence-electron chi connectivity index (χ3n) is 3.40. The number of rotatable bonds is 7. The summed E-state index contributed by atoms with van der Waals surface area (Å²) in [5.74, 6) is 1.05. The summed E-state index contributed by atoms with van der Waals surface area (Å²) in [6.07, 6.45) is 0.580. The highest BCUT2D eigenvalue weighted by Gasteiger charge is 2.15. The summed E-state index contributed by atoms with van der Waals surface area (Å²) >= 11 is 1.29. The SMILES string of the molecule is O=C(CSc1ccc(F)cc1)NCC(O)c1ccc(-c2ccco2)o1. The van der Waals surface area contributed by atoms with Gasteiger partial charge in [0.05, 0.1) is 18.6 Å². The maximum atomic E-state index is 12.8. The highest BCUT2D eigenvalue weighted by Crippen LogP contribution is 2.25. The molecule has 0 aliphatic rings. The van der Waals surface area contributed by atoms with Crippen LogP contribution in [-0.4, -0.2) is 23.3 Å². The van der Waals surface area contributed by atoms with E-state index in [9.17, 15) is 14.3 Å². The molecule has 1 amide bonds. The van der Waals surface area contributed by atoms with Gasteiger partial charge in [0.2, 0.25) is 5.91 Å². The molecule has 2 aromatic heterocycles. The van der Waals surface area contributed by atoms with Gasteiger partial charge in [0.25, 0.3) is 0 Å². The van der Waals surface area contributed by atoms with Crippen LogP contribution < -0.4 is 5.32 Å². The standard InChI is InChI=1S/C18H16FNO4S/c19-12-3-5-13(6-4-12)25-11-18(22)20-10-14(21)15-7-8-17(24-15)16-2-1-9-23-16/h1-9,14,21H,10-11H2,(H,20,22). The van der Waals surface area contributed by atoms with E-state index in [1.165, 1.54) is 30.2 Å². The van der Waals surface area contributed by atoms with Crippen molar-refractivity contribution in [3.05, 3.63) is 66.4 Å². The van der Waals surface area contributed by atoms with E-state index in [1.807, 2.05) is 0 Å². The molecule has 1 unspecified atom stereocenters. The van der Waals surface area contributed by atoms with Crippen LogP contribution in [0.5, 0.6) is 0 Å². The fourth-order valence-corrected chi connectivity index (χ4v) is 2.85. The van der Waals surface area contributed by atoms with Gasteiger partial charge in [0.1, 0.15) is 17.7 Å². The third-order valence-corrected chi connectivity index (χ3v) is 4.41. The molecule has 0 spiro atoms. The molecule has 2 N–H and O–H groups in total. The second-order valence-corrected chi connectivity index (χ2v) is 6.29. The van der Waals surface area contributed by atoms with E-state index in [2.05, 4.69) is 5.32 Å². The number of halogens is 1. The van der Waals surface area contributed by atoms with Crippen LogP contribution in [0.1, 0.15) is 11.9 Å². The number of hydrogen-bond donors (Lipinski definition) is 2. The molecule has 0 fully saturated rings. The Balaban J connectivity index is 1.46. The molecule has 0 aliphatic carbocycles. The molecular weight excluding hydrogens is 345 g/mol. The molecule has 0 saturated heterocycles. The number of nitrogens with one attached hydrogen (secondary N) is 1. The fraction of sp³-hybridized carbons (Fsp3) is 0.167. The minimum atomic E-state index is -0.955. The van der Waals surface area contributed by atoms with Gasteiger partial charge in [0.15, 0.2) is 11.5 Å². The van der Waals surface area contributed by atoms with Gasteiger partial charge in [-0.2, -0.15) is 0 Å². The van der Waals surface area contributed by atoms with Crippen molar-refractivity contribution in [2.75, 3.05) is 12.3 Å². The molecule has 25 heavy (non-hydrogen) atoms. The van der Waals surface area contributed by atoms with E-state index in [0.717, 1.165) is 4.90 Å². The molecule has 0 bridgehead atoms. The maximum Gasteiger partial charge on any atom is 0.230 e. The predicted molar refractivity (Wildman–Crippen MR) is 91.5 cm³/mol. The average molecular weight is 361 g/mol. The van der Waals surface area contributed by atoms with Crippen molar-refractivity contribution in [2.45, 2.75) is 11.0 Å². The second-order valence-electron chi connectivity index (χ2n) is 5.24. The summed E-state index contributed by atoms with van der Waals surface area (Å²) in [6, 6.07) is 12.7. The van der Waals surface area contributed by atoms with Crippen LogP contribution in [0.15, 0.2) is 68.5 Å². The Morgan fingerprint density at radius 3 is 2.68 bits per heavy atom. The Morgan fingerprint density at radius 1 is 1.16 bits per heavy atom. The maximum absolute atomic E-state index is 12.8. The van der Waals surface area contributed by atoms with Gasteiger partial charge in [-0.05, 0) is 48.5 Å². The average Bonchev–Trinajstić information content (AvgIpc) is 3.30. The fourth-order valence-electron chi connectivity index (χ4n) is 2.12. The Labute approximate surface area is 147 Å². The van der Waals surface area contributed by atoms with Gasteiger partial charge in [-0.25, -0.2) is 4.39 Å². The quantitative estimate of drug-likeness (QED) is 0.629. The molecule has 1 aromatic carbocycles. The largest absolute Gasteiger partial charge is 0.461 e. The minimum Gasteiger partial charge on any atom is -0.461 e. The number of thioether (sulfide) groups is 1. The van der Waals surface area contributed by atoms with Crippen LogP contribution >= 0.6 is 11.8 Å². The van der Waals surface area contributed by atoms with Crippen LogP contribution in [0.2, 0.25) is 0 Å².